The summed E-state index contributed by atoms with van der Waals surface area (Å²) in [6, 6.07) is 5.29. The summed E-state index contributed by atoms with van der Waals surface area (Å²) in [5, 5.41) is 3.38. The molecule has 0 spiro atoms. The van der Waals surface area contributed by atoms with Crippen molar-refractivity contribution in [3.8, 4) is 0 Å². The van der Waals surface area contributed by atoms with E-state index in [1.807, 2.05) is 17.0 Å². The van der Waals surface area contributed by atoms with Crippen LogP contribution in [0, 0.1) is 5.82 Å². The van der Waals surface area contributed by atoms with Crippen LogP contribution in [0.25, 0.3) is 0 Å². The fourth-order valence-electron chi connectivity index (χ4n) is 2.20. The van der Waals surface area contributed by atoms with Gasteiger partial charge in [0.15, 0.2) is 0 Å². The van der Waals surface area contributed by atoms with Gasteiger partial charge in [0.2, 0.25) is 0 Å². The minimum Gasteiger partial charge on any atom is -0.383 e. The molecule has 0 aromatic heterocycles. The second kappa shape index (κ2) is 11.4. The molecule has 1 N–H and O–H groups in total. The molecule has 1 aromatic carbocycles. The van der Waals surface area contributed by atoms with Crippen molar-refractivity contribution in [3.05, 3.63) is 29.6 Å². The van der Waals surface area contributed by atoms with Crippen molar-refractivity contribution in [2.24, 2.45) is 0 Å². The number of benzene rings is 1. The van der Waals surface area contributed by atoms with Gasteiger partial charge in [-0.1, -0.05) is 19.4 Å². The summed E-state index contributed by atoms with van der Waals surface area (Å²) in [5.41, 5.74) is 1.70. The van der Waals surface area contributed by atoms with E-state index in [0.717, 1.165) is 25.1 Å². The number of rotatable bonds is 12. The molecule has 22 heavy (non-hydrogen) atoms. The van der Waals surface area contributed by atoms with E-state index in [1.165, 1.54) is 6.42 Å². The number of nitrogens with one attached hydrogen (secondary N) is 1. The Balaban J connectivity index is 2.74. The first kappa shape index (κ1) is 18.9. The van der Waals surface area contributed by atoms with E-state index in [4.69, 9.17) is 9.47 Å². The third-order valence-corrected chi connectivity index (χ3v) is 3.52. The summed E-state index contributed by atoms with van der Waals surface area (Å²) < 4.78 is 24.4. The highest BCUT2D eigenvalue weighted by Gasteiger charge is 2.12. The number of halogens is 1. The zero-order valence-electron chi connectivity index (χ0n) is 14.0. The molecule has 0 aliphatic carbocycles. The number of unbranched alkanes of at least 4 members (excludes halogenated alkanes) is 1. The summed E-state index contributed by atoms with van der Waals surface area (Å²) in [4.78, 5) is 1.97. The minimum absolute atomic E-state index is 0.204. The SMILES string of the molecule is CCCCNCc1ccc(F)c(N(CCOC)CCOC)c1. The number of anilines is 1. The summed E-state index contributed by atoms with van der Waals surface area (Å²) >= 11 is 0. The van der Waals surface area contributed by atoms with Crippen LogP contribution in [0.5, 0.6) is 0 Å². The molecule has 0 unspecified atom stereocenters. The lowest BCUT2D eigenvalue weighted by Gasteiger charge is -2.25. The second-order valence-corrected chi connectivity index (χ2v) is 5.29. The molecule has 0 radical (unpaired) electrons. The van der Waals surface area contributed by atoms with Gasteiger partial charge in [-0.2, -0.15) is 0 Å². The van der Waals surface area contributed by atoms with Gasteiger partial charge in [0.1, 0.15) is 5.82 Å². The molecule has 0 aliphatic heterocycles. The fraction of sp³-hybridized carbons (Fsp3) is 0.647. The first-order chi connectivity index (χ1) is 10.7. The number of hydrogen-bond donors (Lipinski definition) is 1. The normalized spacial score (nSPS) is 10.9. The van der Waals surface area contributed by atoms with Crippen LogP contribution in [-0.2, 0) is 16.0 Å². The first-order valence-electron chi connectivity index (χ1n) is 7.94. The van der Waals surface area contributed by atoms with Crippen molar-refractivity contribution < 1.29 is 13.9 Å². The van der Waals surface area contributed by atoms with Crippen molar-refractivity contribution in [2.45, 2.75) is 26.3 Å². The zero-order valence-corrected chi connectivity index (χ0v) is 14.0. The molecule has 1 rings (SSSR count). The average Bonchev–Trinajstić information content (AvgIpc) is 2.53. The van der Waals surface area contributed by atoms with Gasteiger partial charge in [0.25, 0.3) is 0 Å². The molecular weight excluding hydrogens is 283 g/mol. The van der Waals surface area contributed by atoms with Crippen molar-refractivity contribution in [1.29, 1.82) is 0 Å². The molecule has 0 fully saturated rings. The van der Waals surface area contributed by atoms with Crippen LogP contribution < -0.4 is 10.2 Å². The van der Waals surface area contributed by atoms with Gasteiger partial charge in [-0.3, -0.25) is 0 Å². The minimum atomic E-state index is -0.204. The number of hydrogen-bond acceptors (Lipinski definition) is 4. The van der Waals surface area contributed by atoms with Gasteiger partial charge in [-0.15, -0.1) is 0 Å². The third kappa shape index (κ3) is 6.73. The highest BCUT2D eigenvalue weighted by molar-refractivity contribution is 5.50. The largest absolute Gasteiger partial charge is 0.383 e. The zero-order chi connectivity index (χ0) is 16.2. The van der Waals surface area contributed by atoms with E-state index in [-0.39, 0.29) is 5.82 Å². The van der Waals surface area contributed by atoms with Gasteiger partial charge >= 0.3 is 0 Å². The maximum absolute atomic E-state index is 14.2. The maximum Gasteiger partial charge on any atom is 0.146 e. The van der Waals surface area contributed by atoms with E-state index in [2.05, 4.69) is 12.2 Å². The molecule has 0 bridgehead atoms. The lowest BCUT2D eigenvalue weighted by Crippen LogP contribution is -2.31. The first-order valence-corrected chi connectivity index (χ1v) is 7.94. The smallest absolute Gasteiger partial charge is 0.146 e. The van der Waals surface area contributed by atoms with E-state index in [9.17, 15) is 4.39 Å². The monoisotopic (exact) mass is 312 g/mol. The highest BCUT2D eigenvalue weighted by atomic mass is 19.1. The van der Waals surface area contributed by atoms with E-state index < -0.39 is 0 Å². The van der Waals surface area contributed by atoms with Crippen LogP contribution in [0.4, 0.5) is 10.1 Å². The quantitative estimate of drug-likeness (QED) is 0.602. The van der Waals surface area contributed by atoms with Crippen molar-refractivity contribution in [2.75, 3.05) is 52.0 Å². The van der Waals surface area contributed by atoms with Gasteiger partial charge in [-0.05, 0) is 30.7 Å². The van der Waals surface area contributed by atoms with Gasteiger partial charge < -0.3 is 19.7 Å². The molecule has 0 aliphatic rings. The van der Waals surface area contributed by atoms with E-state index in [0.29, 0.717) is 32.0 Å². The Kier molecular flexibility index (Phi) is 9.79. The van der Waals surface area contributed by atoms with Crippen LogP contribution in [0.15, 0.2) is 18.2 Å². The third-order valence-electron chi connectivity index (χ3n) is 3.52. The Labute approximate surface area is 133 Å². The predicted molar refractivity (Wildman–Crippen MR) is 89.0 cm³/mol. The molecule has 0 saturated carbocycles. The highest BCUT2D eigenvalue weighted by Crippen LogP contribution is 2.21. The second-order valence-electron chi connectivity index (χ2n) is 5.29. The number of methoxy groups -OCH3 is 2. The van der Waals surface area contributed by atoms with Crippen LogP contribution in [0.2, 0.25) is 0 Å². The Morgan fingerprint density at radius 3 is 2.41 bits per heavy atom. The molecule has 0 saturated heterocycles. The van der Waals surface area contributed by atoms with Crippen LogP contribution >= 0.6 is 0 Å². The molecule has 0 heterocycles. The van der Waals surface area contributed by atoms with E-state index >= 15 is 0 Å². The average molecular weight is 312 g/mol. The summed E-state index contributed by atoms with van der Waals surface area (Å²) in [6.07, 6.45) is 2.32. The van der Waals surface area contributed by atoms with Crippen LogP contribution in [-0.4, -0.2) is 47.1 Å². The maximum atomic E-state index is 14.2. The number of nitrogens with zero attached hydrogens (tertiary/aromatic N) is 1. The van der Waals surface area contributed by atoms with Gasteiger partial charge in [-0.25, -0.2) is 4.39 Å². The molecule has 0 atom stereocenters. The summed E-state index contributed by atoms with van der Waals surface area (Å²) in [5.74, 6) is -0.204. The van der Waals surface area contributed by atoms with Crippen molar-refractivity contribution >= 4 is 5.69 Å². The van der Waals surface area contributed by atoms with Gasteiger partial charge in [0.05, 0.1) is 18.9 Å². The predicted octanol–water partition coefficient (Wildman–Crippen LogP) is 2.81. The summed E-state index contributed by atoms with van der Waals surface area (Å²) in [6.45, 7) is 6.31. The van der Waals surface area contributed by atoms with Gasteiger partial charge in [0, 0.05) is 33.9 Å². The topological polar surface area (TPSA) is 33.7 Å². The Morgan fingerprint density at radius 2 is 1.82 bits per heavy atom. The molecule has 4 nitrogen and oxygen atoms in total. The fourth-order valence-corrected chi connectivity index (χ4v) is 2.20. The molecule has 126 valence electrons. The molecule has 0 amide bonds. The molecular formula is C17H29FN2O2. The van der Waals surface area contributed by atoms with Crippen LogP contribution in [0.1, 0.15) is 25.3 Å². The molecule has 5 heteroatoms. The van der Waals surface area contributed by atoms with Crippen molar-refractivity contribution in [3.63, 3.8) is 0 Å². The Morgan fingerprint density at radius 1 is 1.14 bits per heavy atom. The lowest BCUT2D eigenvalue weighted by atomic mass is 10.1. The van der Waals surface area contributed by atoms with Crippen molar-refractivity contribution in [1.82, 2.24) is 5.32 Å². The Hall–Kier alpha value is -1.17. The lowest BCUT2D eigenvalue weighted by molar-refractivity contribution is 0.190. The molecule has 1 aromatic rings. The summed E-state index contributed by atoms with van der Waals surface area (Å²) in [7, 11) is 3.30. The van der Waals surface area contributed by atoms with E-state index in [1.54, 1.807) is 20.3 Å². The Bertz CT molecular complexity index is 408. The standard InChI is InChI=1S/C17H29FN2O2/c1-4-5-8-19-14-15-6-7-16(18)17(13-15)20(9-11-21-2)10-12-22-3/h6-7,13,19H,4-5,8-12,14H2,1-3H3. The number of ether oxygens (including phenoxy) is 2. The van der Waals surface area contributed by atoms with Crippen LogP contribution in [0.3, 0.4) is 0 Å².